The van der Waals surface area contributed by atoms with E-state index in [-0.39, 0.29) is 17.9 Å². The number of nitrogens with zero attached hydrogens (tertiary/aromatic N) is 1. The number of carbonyl (C=O) groups excluding carboxylic acids is 2. The molecule has 1 aromatic rings. The lowest BCUT2D eigenvalue weighted by Crippen LogP contribution is -2.47. The Balaban J connectivity index is 2.79. The van der Waals surface area contributed by atoms with E-state index in [1.165, 1.54) is 0 Å². The van der Waals surface area contributed by atoms with Gasteiger partial charge in [0.1, 0.15) is 11.2 Å². The zero-order chi connectivity index (χ0) is 17.6. The van der Waals surface area contributed by atoms with Crippen LogP contribution in [0.2, 0.25) is 0 Å². The Hall–Kier alpha value is -2.04. The molecule has 0 saturated carbocycles. The Bertz CT molecular complexity index is 532. The van der Waals surface area contributed by atoms with E-state index in [4.69, 9.17) is 4.74 Å². The van der Waals surface area contributed by atoms with Crippen LogP contribution in [0, 0.1) is 5.41 Å². The highest BCUT2D eigenvalue weighted by molar-refractivity contribution is 6.09. The standard InChI is InChI=1S/C18H28N2O3/c1-7-20(8-2)17(22)18(5,6)16(21)19-14-9-11-15(12-10-14)23-13(3)4/h9-13H,7-8H2,1-6H3,(H,19,21). The van der Waals surface area contributed by atoms with E-state index in [0.717, 1.165) is 5.75 Å². The topological polar surface area (TPSA) is 58.6 Å². The average molecular weight is 320 g/mol. The molecule has 2 amide bonds. The zero-order valence-electron chi connectivity index (χ0n) is 15.0. The fraction of sp³-hybridized carbons (Fsp3) is 0.556. The third kappa shape index (κ3) is 4.98. The van der Waals surface area contributed by atoms with Gasteiger partial charge in [-0.15, -0.1) is 0 Å². The van der Waals surface area contributed by atoms with E-state index in [9.17, 15) is 9.59 Å². The number of carbonyl (C=O) groups is 2. The van der Waals surface area contributed by atoms with Gasteiger partial charge in [-0.05, 0) is 65.8 Å². The molecule has 1 aromatic carbocycles. The molecule has 1 rings (SSSR count). The smallest absolute Gasteiger partial charge is 0.239 e. The normalized spacial score (nSPS) is 11.3. The van der Waals surface area contributed by atoms with Gasteiger partial charge in [0.25, 0.3) is 0 Å². The number of amides is 2. The van der Waals surface area contributed by atoms with Gasteiger partial charge in [-0.3, -0.25) is 9.59 Å². The van der Waals surface area contributed by atoms with Gasteiger partial charge in [-0.1, -0.05) is 0 Å². The molecule has 0 aliphatic carbocycles. The van der Waals surface area contributed by atoms with Crippen molar-refractivity contribution in [2.75, 3.05) is 18.4 Å². The van der Waals surface area contributed by atoms with Gasteiger partial charge in [0.05, 0.1) is 6.10 Å². The molecule has 0 aliphatic rings. The quantitative estimate of drug-likeness (QED) is 0.784. The Morgan fingerprint density at radius 3 is 2.09 bits per heavy atom. The van der Waals surface area contributed by atoms with E-state index >= 15 is 0 Å². The molecule has 0 unspecified atom stereocenters. The summed E-state index contributed by atoms with van der Waals surface area (Å²) in [6.07, 6.45) is 0.0982. The number of hydrogen-bond acceptors (Lipinski definition) is 3. The molecule has 0 heterocycles. The Labute approximate surface area is 139 Å². The van der Waals surface area contributed by atoms with Crippen LogP contribution < -0.4 is 10.1 Å². The van der Waals surface area contributed by atoms with Crippen molar-refractivity contribution >= 4 is 17.5 Å². The minimum atomic E-state index is -1.11. The summed E-state index contributed by atoms with van der Waals surface area (Å²) in [5, 5.41) is 2.80. The number of nitrogens with one attached hydrogen (secondary N) is 1. The van der Waals surface area contributed by atoms with Crippen LogP contribution in [0.5, 0.6) is 5.75 Å². The van der Waals surface area contributed by atoms with Crippen LogP contribution in [0.25, 0.3) is 0 Å². The van der Waals surface area contributed by atoms with Gasteiger partial charge in [-0.25, -0.2) is 0 Å². The highest BCUT2D eigenvalue weighted by Crippen LogP contribution is 2.23. The second-order valence-corrected chi connectivity index (χ2v) is 6.25. The maximum absolute atomic E-state index is 12.5. The van der Waals surface area contributed by atoms with E-state index in [0.29, 0.717) is 18.8 Å². The second kappa shape index (κ2) is 7.99. The van der Waals surface area contributed by atoms with Gasteiger partial charge in [0.15, 0.2) is 0 Å². The van der Waals surface area contributed by atoms with Crippen LogP contribution in [-0.4, -0.2) is 35.9 Å². The molecule has 5 nitrogen and oxygen atoms in total. The molecular formula is C18H28N2O3. The molecule has 128 valence electrons. The maximum atomic E-state index is 12.5. The first kappa shape index (κ1) is 19.0. The van der Waals surface area contributed by atoms with Crippen LogP contribution in [0.4, 0.5) is 5.69 Å². The summed E-state index contributed by atoms with van der Waals surface area (Å²) in [7, 11) is 0. The molecule has 23 heavy (non-hydrogen) atoms. The van der Waals surface area contributed by atoms with Crippen molar-refractivity contribution in [3.63, 3.8) is 0 Å². The zero-order valence-corrected chi connectivity index (χ0v) is 15.0. The number of anilines is 1. The third-order valence-corrected chi connectivity index (χ3v) is 3.64. The van der Waals surface area contributed by atoms with Crippen molar-refractivity contribution in [1.82, 2.24) is 4.90 Å². The average Bonchev–Trinajstić information content (AvgIpc) is 2.49. The number of ether oxygens (including phenoxy) is 1. The van der Waals surface area contributed by atoms with Gasteiger partial charge in [0, 0.05) is 18.8 Å². The summed E-state index contributed by atoms with van der Waals surface area (Å²) < 4.78 is 5.57. The molecule has 0 spiro atoms. The fourth-order valence-electron chi connectivity index (χ4n) is 2.18. The number of hydrogen-bond donors (Lipinski definition) is 1. The highest BCUT2D eigenvalue weighted by atomic mass is 16.5. The van der Waals surface area contributed by atoms with Crippen molar-refractivity contribution in [1.29, 1.82) is 0 Å². The molecule has 0 aromatic heterocycles. The SMILES string of the molecule is CCN(CC)C(=O)C(C)(C)C(=O)Nc1ccc(OC(C)C)cc1. The van der Waals surface area contributed by atoms with Crippen LogP contribution >= 0.6 is 0 Å². The first-order chi connectivity index (χ1) is 10.7. The molecule has 0 saturated heterocycles. The van der Waals surface area contributed by atoms with Crippen molar-refractivity contribution < 1.29 is 14.3 Å². The number of benzene rings is 1. The second-order valence-electron chi connectivity index (χ2n) is 6.25. The maximum Gasteiger partial charge on any atom is 0.239 e. The van der Waals surface area contributed by atoms with Crippen LogP contribution in [-0.2, 0) is 9.59 Å². The summed E-state index contributed by atoms with van der Waals surface area (Å²) >= 11 is 0. The lowest BCUT2D eigenvalue weighted by atomic mass is 9.90. The van der Waals surface area contributed by atoms with Gasteiger partial charge >= 0.3 is 0 Å². The molecule has 0 aliphatic heterocycles. The lowest BCUT2D eigenvalue weighted by Gasteiger charge is -2.29. The van der Waals surface area contributed by atoms with Gasteiger partial charge < -0.3 is 15.0 Å². The molecule has 0 fully saturated rings. The van der Waals surface area contributed by atoms with E-state index in [1.54, 1.807) is 43.0 Å². The summed E-state index contributed by atoms with van der Waals surface area (Å²) in [5.74, 6) is 0.267. The summed E-state index contributed by atoms with van der Waals surface area (Å²) in [5.41, 5.74) is -0.467. The van der Waals surface area contributed by atoms with E-state index in [2.05, 4.69) is 5.32 Å². The van der Waals surface area contributed by atoms with E-state index < -0.39 is 5.41 Å². The summed E-state index contributed by atoms with van der Waals surface area (Å²) in [6.45, 7) is 12.2. The number of rotatable bonds is 7. The van der Waals surface area contributed by atoms with Crippen LogP contribution in [0.1, 0.15) is 41.5 Å². The van der Waals surface area contributed by atoms with Gasteiger partial charge in [0.2, 0.25) is 11.8 Å². The molecule has 1 N–H and O–H groups in total. The molecule has 0 bridgehead atoms. The summed E-state index contributed by atoms with van der Waals surface area (Å²) in [4.78, 5) is 26.6. The predicted molar refractivity (Wildman–Crippen MR) is 92.5 cm³/mol. The monoisotopic (exact) mass is 320 g/mol. The Morgan fingerprint density at radius 2 is 1.65 bits per heavy atom. The van der Waals surface area contributed by atoms with Crippen molar-refractivity contribution in [2.45, 2.75) is 47.6 Å². The molecule has 0 radical (unpaired) electrons. The van der Waals surface area contributed by atoms with E-state index in [1.807, 2.05) is 27.7 Å². The molecular weight excluding hydrogens is 292 g/mol. The molecule has 5 heteroatoms. The van der Waals surface area contributed by atoms with Crippen LogP contribution in [0.15, 0.2) is 24.3 Å². The van der Waals surface area contributed by atoms with Crippen molar-refractivity contribution in [3.05, 3.63) is 24.3 Å². The fourth-order valence-corrected chi connectivity index (χ4v) is 2.18. The highest BCUT2D eigenvalue weighted by Gasteiger charge is 2.38. The Morgan fingerprint density at radius 1 is 1.13 bits per heavy atom. The molecule has 0 atom stereocenters. The predicted octanol–water partition coefficient (Wildman–Crippen LogP) is 3.31. The third-order valence-electron chi connectivity index (χ3n) is 3.64. The summed E-state index contributed by atoms with van der Waals surface area (Å²) in [6, 6.07) is 7.14. The minimum absolute atomic E-state index is 0.0982. The van der Waals surface area contributed by atoms with Gasteiger partial charge in [-0.2, -0.15) is 0 Å². The van der Waals surface area contributed by atoms with Crippen molar-refractivity contribution in [2.24, 2.45) is 5.41 Å². The van der Waals surface area contributed by atoms with Crippen molar-refractivity contribution in [3.8, 4) is 5.75 Å². The first-order valence-electron chi connectivity index (χ1n) is 8.09. The largest absolute Gasteiger partial charge is 0.491 e. The van der Waals surface area contributed by atoms with Crippen LogP contribution in [0.3, 0.4) is 0 Å². The Kier molecular flexibility index (Phi) is 6.61. The first-order valence-corrected chi connectivity index (χ1v) is 8.09. The lowest BCUT2D eigenvalue weighted by molar-refractivity contribution is -0.146. The minimum Gasteiger partial charge on any atom is -0.491 e.